The van der Waals surface area contributed by atoms with E-state index in [0.29, 0.717) is 18.7 Å². The minimum atomic E-state index is -0.235. The van der Waals surface area contributed by atoms with Crippen molar-refractivity contribution in [3.05, 3.63) is 64.9 Å². The molecule has 0 atom stereocenters. The minimum Gasteiger partial charge on any atom is -0.382 e. The van der Waals surface area contributed by atoms with Gasteiger partial charge in [-0.05, 0) is 40.2 Å². The van der Waals surface area contributed by atoms with Gasteiger partial charge in [0.15, 0.2) is 0 Å². The highest BCUT2D eigenvalue weighted by atomic mass is 79.9. The van der Waals surface area contributed by atoms with Gasteiger partial charge in [-0.15, -0.1) is 0 Å². The molecule has 102 valence electrons. The fourth-order valence-electron chi connectivity index (χ4n) is 2.15. The van der Waals surface area contributed by atoms with E-state index < -0.39 is 0 Å². The topological polar surface area (TPSA) is 29.3 Å². The predicted octanol–water partition coefficient (Wildman–Crippen LogP) is 3.89. The second-order valence-electron chi connectivity index (χ2n) is 4.43. The number of nitrogens with one attached hydrogen (secondary N) is 1. The Balaban J connectivity index is 1.73. The lowest BCUT2D eigenvalue weighted by Crippen LogP contribution is -2.08. The average Bonchev–Trinajstić information content (AvgIpc) is 2.78. The molecule has 1 N–H and O–H groups in total. The Hall–Kier alpha value is -1.88. The van der Waals surface area contributed by atoms with Gasteiger partial charge in [0.1, 0.15) is 16.2 Å². The molecule has 5 heteroatoms. The van der Waals surface area contributed by atoms with Crippen molar-refractivity contribution < 1.29 is 4.39 Å². The number of para-hydroxylation sites is 1. The van der Waals surface area contributed by atoms with Gasteiger partial charge in [-0.3, -0.25) is 0 Å². The standard InChI is InChI=1S/C15H13BrFN3/c16-15-13-7-3-4-10-20(13)14(19-15)8-9-18-12-6-2-1-5-11(12)17/h1-7,10,18H,8-9H2. The van der Waals surface area contributed by atoms with E-state index in [1.54, 1.807) is 12.1 Å². The van der Waals surface area contributed by atoms with Crippen LogP contribution < -0.4 is 5.32 Å². The molecule has 0 saturated carbocycles. The maximum absolute atomic E-state index is 13.5. The monoisotopic (exact) mass is 333 g/mol. The highest BCUT2D eigenvalue weighted by Gasteiger charge is 2.08. The van der Waals surface area contributed by atoms with E-state index in [2.05, 4.69) is 26.2 Å². The summed E-state index contributed by atoms with van der Waals surface area (Å²) in [5.74, 6) is 0.706. The molecule has 3 nitrogen and oxygen atoms in total. The SMILES string of the molecule is Fc1ccccc1NCCc1nc(Br)c2ccccn12. The Morgan fingerprint density at radius 3 is 2.80 bits per heavy atom. The molecule has 0 saturated heterocycles. The summed E-state index contributed by atoms with van der Waals surface area (Å²) in [6, 6.07) is 12.6. The van der Waals surface area contributed by atoms with Gasteiger partial charge in [0.25, 0.3) is 0 Å². The predicted molar refractivity (Wildman–Crippen MR) is 81.5 cm³/mol. The summed E-state index contributed by atoms with van der Waals surface area (Å²) in [7, 11) is 0. The highest BCUT2D eigenvalue weighted by molar-refractivity contribution is 9.10. The molecule has 0 spiro atoms. The summed E-state index contributed by atoms with van der Waals surface area (Å²) in [5.41, 5.74) is 1.56. The van der Waals surface area contributed by atoms with Crippen molar-refractivity contribution in [1.29, 1.82) is 0 Å². The number of benzene rings is 1. The van der Waals surface area contributed by atoms with E-state index in [4.69, 9.17) is 0 Å². The Morgan fingerprint density at radius 1 is 1.15 bits per heavy atom. The van der Waals surface area contributed by atoms with Crippen LogP contribution in [0.3, 0.4) is 0 Å². The van der Waals surface area contributed by atoms with E-state index in [1.807, 2.05) is 34.9 Å². The van der Waals surface area contributed by atoms with E-state index in [0.717, 1.165) is 15.9 Å². The zero-order valence-corrected chi connectivity index (χ0v) is 12.3. The van der Waals surface area contributed by atoms with Crippen molar-refractivity contribution in [2.24, 2.45) is 0 Å². The van der Waals surface area contributed by atoms with Gasteiger partial charge < -0.3 is 9.72 Å². The van der Waals surface area contributed by atoms with Crippen molar-refractivity contribution in [1.82, 2.24) is 9.38 Å². The molecule has 1 aromatic carbocycles. The van der Waals surface area contributed by atoms with Crippen LogP contribution in [0.4, 0.5) is 10.1 Å². The maximum atomic E-state index is 13.5. The Labute approximate surface area is 124 Å². The Kier molecular flexibility index (Phi) is 3.69. The molecule has 0 fully saturated rings. The van der Waals surface area contributed by atoms with Crippen molar-refractivity contribution >= 4 is 27.1 Å². The number of anilines is 1. The number of aromatic nitrogens is 2. The Bertz CT molecular complexity index is 739. The van der Waals surface area contributed by atoms with E-state index in [9.17, 15) is 4.39 Å². The molecule has 3 rings (SSSR count). The van der Waals surface area contributed by atoms with Gasteiger partial charge in [0, 0.05) is 19.2 Å². The van der Waals surface area contributed by atoms with E-state index >= 15 is 0 Å². The first-order chi connectivity index (χ1) is 9.75. The molecule has 20 heavy (non-hydrogen) atoms. The Morgan fingerprint density at radius 2 is 1.95 bits per heavy atom. The lowest BCUT2D eigenvalue weighted by atomic mass is 10.3. The zero-order chi connectivity index (χ0) is 13.9. The number of rotatable bonds is 4. The third-order valence-corrected chi connectivity index (χ3v) is 3.70. The van der Waals surface area contributed by atoms with Gasteiger partial charge in [-0.2, -0.15) is 0 Å². The van der Waals surface area contributed by atoms with Crippen molar-refractivity contribution in [3.63, 3.8) is 0 Å². The van der Waals surface area contributed by atoms with Crippen LogP contribution in [0, 0.1) is 5.82 Å². The average molecular weight is 334 g/mol. The van der Waals surface area contributed by atoms with Crippen LogP contribution in [-0.2, 0) is 6.42 Å². The molecular weight excluding hydrogens is 321 g/mol. The molecule has 0 amide bonds. The first-order valence-corrected chi connectivity index (χ1v) is 7.15. The number of hydrogen-bond acceptors (Lipinski definition) is 2. The van der Waals surface area contributed by atoms with Gasteiger partial charge in [-0.25, -0.2) is 9.37 Å². The van der Waals surface area contributed by atoms with Crippen LogP contribution in [0.25, 0.3) is 5.52 Å². The number of pyridine rings is 1. The molecule has 0 unspecified atom stereocenters. The molecule has 0 aliphatic heterocycles. The van der Waals surface area contributed by atoms with Gasteiger partial charge >= 0.3 is 0 Å². The molecule has 3 aromatic rings. The van der Waals surface area contributed by atoms with Crippen molar-refractivity contribution in [3.8, 4) is 0 Å². The first-order valence-electron chi connectivity index (χ1n) is 6.35. The number of nitrogens with zero attached hydrogens (tertiary/aromatic N) is 2. The fraction of sp³-hybridized carbons (Fsp3) is 0.133. The minimum absolute atomic E-state index is 0.235. The quantitative estimate of drug-likeness (QED) is 0.784. The molecule has 2 heterocycles. The third-order valence-electron chi connectivity index (χ3n) is 3.11. The van der Waals surface area contributed by atoms with E-state index in [1.165, 1.54) is 6.07 Å². The number of halogens is 2. The summed E-state index contributed by atoms with van der Waals surface area (Å²) in [6.07, 6.45) is 2.69. The fourth-order valence-corrected chi connectivity index (χ4v) is 2.68. The van der Waals surface area contributed by atoms with Crippen molar-refractivity contribution in [2.45, 2.75) is 6.42 Å². The number of hydrogen-bond donors (Lipinski definition) is 1. The molecule has 0 bridgehead atoms. The van der Waals surface area contributed by atoms with Gasteiger partial charge in [0.05, 0.1) is 11.2 Å². The summed E-state index contributed by atoms with van der Waals surface area (Å²) >= 11 is 3.45. The van der Waals surface area contributed by atoms with Crippen LogP contribution in [0.2, 0.25) is 0 Å². The van der Waals surface area contributed by atoms with Crippen LogP contribution in [-0.4, -0.2) is 15.9 Å². The van der Waals surface area contributed by atoms with E-state index in [-0.39, 0.29) is 5.82 Å². The van der Waals surface area contributed by atoms with Crippen molar-refractivity contribution in [2.75, 3.05) is 11.9 Å². The molecule has 0 radical (unpaired) electrons. The maximum Gasteiger partial charge on any atom is 0.146 e. The van der Waals surface area contributed by atoms with Crippen LogP contribution in [0.1, 0.15) is 5.82 Å². The van der Waals surface area contributed by atoms with Crippen LogP contribution in [0.5, 0.6) is 0 Å². The first kappa shape index (κ1) is 13.1. The molecule has 0 aliphatic carbocycles. The van der Waals surface area contributed by atoms with Crippen LogP contribution >= 0.6 is 15.9 Å². The highest BCUT2D eigenvalue weighted by Crippen LogP contribution is 2.19. The molecule has 0 aliphatic rings. The summed E-state index contributed by atoms with van der Waals surface area (Å²) in [5, 5.41) is 3.09. The normalized spacial score (nSPS) is 10.9. The van der Waals surface area contributed by atoms with Gasteiger partial charge in [-0.1, -0.05) is 18.2 Å². The zero-order valence-electron chi connectivity index (χ0n) is 10.7. The van der Waals surface area contributed by atoms with Crippen LogP contribution in [0.15, 0.2) is 53.3 Å². The summed E-state index contributed by atoms with van der Waals surface area (Å²) < 4.78 is 16.3. The largest absolute Gasteiger partial charge is 0.382 e. The summed E-state index contributed by atoms with van der Waals surface area (Å²) in [6.45, 7) is 0.626. The lowest BCUT2D eigenvalue weighted by molar-refractivity contribution is 0.630. The molecular formula is C15H13BrFN3. The number of fused-ring (bicyclic) bond motifs is 1. The van der Waals surface area contributed by atoms with Gasteiger partial charge in [0.2, 0.25) is 0 Å². The lowest BCUT2D eigenvalue weighted by Gasteiger charge is -2.06. The smallest absolute Gasteiger partial charge is 0.146 e. The second-order valence-corrected chi connectivity index (χ2v) is 5.18. The number of imidazole rings is 1. The second kappa shape index (κ2) is 5.63. The third kappa shape index (κ3) is 2.54. The summed E-state index contributed by atoms with van der Waals surface area (Å²) in [4.78, 5) is 4.49. The molecule has 2 aromatic heterocycles.